The Bertz CT molecular complexity index is 1010. The van der Waals surface area contributed by atoms with Crippen LogP contribution in [0, 0.1) is 17.7 Å². The number of pyridine rings is 1. The number of halogens is 1. The molecule has 4 rings (SSSR count). The lowest BCUT2D eigenvalue weighted by Crippen LogP contribution is -2.41. The van der Waals surface area contributed by atoms with E-state index < -0.39 is 17.8 Å². The first-order valence-electron chi connectivity index (χ1n) is 11.0. The van der Waals surface area contributed by atoms with E-state index in [1.54, 1.807) is 6.07 Å². The number of methoxy groups -OCH3 is 1. The highest BCUT2D eigenvalue weighted by Gasteiger charge is 2.36. The Morgan fingerprint density at radius 1 is 1.31 bits per heavy atom. The summed E-state index contributed by atoms with van der Waals surface area (Å²) in [7, 11) is 1.36. The van der Waals surface area contributed by atoms with E-state index in [4.69, 9.17) is 9.72 Å². The number of rotatable bonds is 8. The monoisotopic (exact) mass is 441 g/mol. The molecule has 1 atom stereocenters. The van der Waals surface area contributed by atoms with Crippen molar-refractivity contribution in [1.82, 2.24) is 10.3 Å². The van der Waals surface area contributed by atoms with E-state index in [0.29, 0.717) is 11.5 Å². The third-order valence-electron chi connectivity index (χ3n) is 6.33. The first kappa shape index (κ1) is 22.0. The molecular weight excluding hydrogens is 413 g/mol. The number of aromatic nitrogens is 1. The number of carbonyl (C=O) groups is 2. The van der Waals surface area contributed by atoms with E-state index in [2.05, 4.69) is 22.8 Å². The Hall–Kier alpha value is -3.16. The third-order valence-corrected chi connectivity index (χ3v) is 6.33. The summed E-state index contributed by atoms with van der Waals surface area (Å²) in [6.07, 6.45) is 4.14. The molecule has 1 saturated carbocycles. The Morgan fingerprint density at radius 2 is 2.12 bits per heavy atom. The number of aryl methyl sites for hydroxylation is 1. The molecule has 7 nitrogen and oxygen atoms in total. The zero-order chi connectivity index (χ0) is 22.7. The van der Waals surface area contributed by atoms with Gasteiger partial charge in [-0.2, -0.15) is 0 Å². The summed E-state index contributed by atoms with van der Waals surface area (Å²) in [6.45, 7) is 0.949. The predicted molar refractivity (Wildman–Crippen MR) is 117 cm³/mol. The highest BCUT2D eigenvalue weighted by molar-refractivity contribution is 5.81. The van der Waals surface area contributed by atoms with E-state index in [1.165, 1.54) is 24.8 Å². The van der Waals surface area contributed by atoms with Gasteiger partial charge in [-0.3, -0.25) is 9.59 Å². The van der Waals surface area contributed by atoms with Gasteiger partial charge in [0.25, 0.3) is 0 Å². The highest BCUT2D eigenvalue weighted by Crippen LogP contribution is 2.37. The maximum absolute atomic E-state index is 14.1. The number of amides is 1. The van der Waals surface area contributed by atoms with Gasteiger partial charge in [0.1, 0.15) is 5.82 Å². The fraction of sp³-hybridized carbons (Fsp3) is 0.458. The number of benzene rings is 1. The first-order valence-corrected chi connectivity index (χ1v) is 11.0. The number of ether oxygens (including phenoxy) is 1. The van der Waals surface area contributed by atoms with Crippen molar-refractivity contribution >= 4 is 17.7 Å². The van der Waals surface area contributed by atoms with Gasteiger partial charge in [-0.25, -0.2) is 9.37 Å². The van der Waals surface area contributed by atoms with E-state index in [9.17, 15) is 19.1 Å². The zero-order valence-electron chi connectivity index (χ0n) is 18.1. The van der Waals surface area contributed by atoms with E-state index in [1.807, 2.05) is 0 Å². The average Bonchev–Trinajstić information content (AvgIpc) is 2.75. The number of hydrogen-bond donors (Lipinski definition) is 3. The van der Waals surface area contributed by atoms with Crippen LogP contribution in [0.1, 0.15) is 48.5 Å². The molecule has 1 aromatic heterocycles. The van der Waals surface area contributed by atoms with Crippen LogP contribution < -0.4 is 15.4 Å². The van der Waals surface area contributed by atoms with Crippen molar-refractivity contribution in [3.63, 3.8) is 0 Å². The largest absolute Gasteiger partial charge is 0.494 e. The quantitative estimate of drug-likeness (QED) is 0.580. The number of nitrogens with one attached hydrogen (secondary N) is 2. The van der Waals surface area contributed by atoms with Crippen LogP contribution in [0.3, 0.4) is 0 Å². The normalized spacial score (nSPS) is 20.3. The molecule has 1 aliphatic heterocycles. The van der Waals surface area contributed by atoms with Crippen LogP contribution in [0.4, 0.5) is 10.2 Å². The zero-order valence-corrected chi connectivity index (χ0v) is 18.1. The van der Waals surface area contributed by atoms with Gasteiger partial charge in [0, 0.05) is 18.2 Å². The molecule has 32 heavy (non-hydrogen) atoms. The first-order chi connectivity index (χ1) is 15.4. The number of nitrogens with zero attached hydrogens (tertiary/aromatic N) is 1. The van der Waals surface area contributed by atoms with E-state index in [0.717, 1.165) is 50.2 Å². The van der Waals surface area contributed by atoms with Crippen molar-refractivity contribution in [1.29, 1.82) is 0 Å². The number of carbonyl (C=O) groups excluding carboxylic acids is 1. The summed E-state index contributed by atoms with van der Waals surface area (Å²) in [5.41, 5.74) is 2.69. The van der Waals surface area contributed by atoms with Crippen LogP contribution in [-0.2, 0) is 22.4 Å². The van der Waals surface area contributed by atoms with Crippen LogP contribution in [-0.4, -0.2) is 35.6 Å². The molecule has 0 spiro atoms. The molecule has 2 heterocycles. The molecule has 1 aromatic carbocycles. The van der Waals surface area contributed by atoms with Gasteiger partial charge in [0.2, 0.25) is 5.91 Å². The lowest BCUT2D eigenvalue weighted by molar-refractivity contribution is -0.138. The van der Waals surface area contributed by atoms with Crippen LogP contribution in [0.25, 0.3) is 0 Å². The summed E-state index contributed by atoms with van der Waals surface area (Å²) in [6, 6.07) is 7.64. The van der Waals surface area contributed by atoms with Crippen LogP contribution in [0.15, 0.2) is 30.3 Å². The number of anilines is 1. The van der Waals surface area contributed by atoms with Crippen LogP contribution in [0.2, 0.25) is 0 Å². The Morgan fingerprint density at radius 3 is 2.84 bits per heavy atom. The summed E-state index contributed by atoms with van der Waals surface area (Å²) in [5.74, 6) is -0.599. The van der Waals surface area contributed by atoms with Gasteiger partial charge in [0.05, 0.1) is 19.6 Å². The number of carboxylic acids is 1. The maximum Gasteiger partial charge on any atom is 0.305 e. The molecular formula is C24H28FN3O4. The molecule has 2 aliphatic rings. The molecule has 2 aromatic rings. The van der Waals surface area contributed by atoms with Gasteiger partial charge in [-0.1, -0.05) is 12.1 Å². The van der Waals surface area contributed by atoms with Gasteiger partial charge in [0.15, 0.2) is 11.6 Å². The standard InChI is InChI=1S/C24H28FN3O4/c1-32-21-7-5-16(12-19(21)25)20(13-22(29)30)28-24(31)17-9-14(10-17)11-18-6-4-15-3-2-8-26-23(15)27-18/h4-7,12,14,17,20H,2-3,8-11,13H2,1H3,(H,26,27)(H,28,31)(H,29,30)/t14?,17?,20-/m0/s1. The predicted octanol–water partition coefficient (Wildman–Crippen LogP) is 3.49. The van der Waals surface area contributed by atoms with E-state index in [-0.39, 0.29) is 24.0 Å². The number of hydrogen-bond acceptors (Lipinski definition) is 5. The highest BCUT2D eigenvalue weighted by atomic mass is 19.1. The fourth-order valence-electron chi connectivity index (χ4n) is 4.51. The van der Waals surface area contributed by atoms with Crippen LogP contribution in [0.5, 0.6) is 5.75 Å². The Balaban J connectivity index is 1.34. The van der Waals surface area contributed by atoms with Crippen molar-refractivity contribution in [3.8, 4) is 5.75 Å². The molecule has 0 unspecified atom stereocenters. The smallest absolute Gasteiger partial charge is 0.305 e. The molecule has 170 valence electrons. The Kier molecular flexibility index (Phi) is 6.58. The molecule has 0 bridgehead atoms. The average molecular weight is 442 g/mol. The van der Waals surface area contributed by atoms with Crippen molar-refractivity contribution in [2.45, 2.75) is 44.6 Å². The maximum atomic E-state index is 14.1. The van der Waals surface area contributed by atoms with Crippen molar-refractivity contribution in [2.24, 2.45) is 11.8 Å². The summed E-state index contributed by atoms with van der Waals surface area (Å²) in [5, 5.41) is 15.4. The van der Waals surface area contributed by atoms with Crippen molar-refractivity contribution in [2.75, 3.05) is 19.0 Å². The second-order valence-corrected chi connectivity index (χ2v) is 8.63. The van der Waals surface area contributed by atoms with E-state index >= 15 is 0 Å². The molecule has 8 heteroatoms. The van der Waals surface area contributed by atoms with Crippen molar-refractivity contribution < 1.29 is 23.8 Å². The van der Waals surface area contributed by atoms with Gasteiger partial charge < -0.3 is 20.5 Å². The molecule has 1 aliphatic carbocycles. The minimum Gasteiger partial charge on any atom is -0.494 e. The second kappa shape index (κ2) is 9.54. The van der Waals surface area contributed by atoms with Gasteiger partial charge in [-0.15, -0.1) is 0 Å². The van der Waals surface area contributed by atoms with Crippen LogP contribution >= 0.6 is 0 Å². The fourth-order valence-corrected chi connectivity index (χ4v) is 4.51. The number of carboxylic acid groups (broad SMARTS) is 1. The minimum absolute atomic E-state index is 0.0713. The summed E-state index contributed by atoms with van der Waals surface area (Å²) < 4.78 is 19.0. The molecule has 0 saturated heterocycles. The number of fused-ring (bicyclic) bond motifs is 1. The Labute approximate surface area is 186 Å². The van der Waals surface area contributed by atoms with Crippen molar-refractivity contribution in [3.05, 3.63) is 53.0 Å². The second-order valence-electron chi connectivity index (χ2n) is 8.63. The lowest BCUT2D eigenvalue weighted by atomic mass is 9.72. The third kappa shape index (κ3) is 5.00. The topological polar surface area (TPSA) is 101 Å². The summed E-state index contributed by atoms with van der Waals surface area (Å²) >= 11 is 0. The summed E-state index contributed by atoms with van der Waals surface area (Å²) in [4.78, 5) is 28.8. The SMILES string of the molecule is COc1ccc([C@H](CC(=O)O)NC(=O)C2CC(Cc3ccc4c(n3)NCCC4)C2)cc1F. The number of aliphatic carboxylic acids is 1. The lowest BCUT2D eigenvalue weighted by Gasteiger charge is -2.35. The molecule has 1 fully saturated rings. The molecule has 0 radical (unpaired) electrons. The molecule has 1 amide bonds. The molecule has 3 N–H and O–H groups in total. The van der Waals surface area contributed by atoms with Gasteiger partial charge in [-0.05, 0) is 67.3 Å². The van der Waals surface area contributed by atoms with Gasteiger partial charge >= 0.3 is 5.97 Å². The minimum atomic E-state index is -1.06.